The van der Waals surface area contributed by atoms with Crippen LogP contribution in [0.2, 0.25) is 0 Å². The summed E-state index contributed by atoms with van der Waals surface area (Å²) in [4.78, 5) is 58.2. The minimum Gasteiger partial charge on any atom is -0.366 e. The van der Waals surface area contributed by atoms with Crippen LogP contribution >= 0.6 is 0 Å². The molecule has 10 heteroatoms. The van der Waals surface area contributed by atoms with Crippen molar-refractivity contribution in [3.63, 3.8) is 0 Å². The fraction of sp³-hybridized carbons (Fsp3) is 0.438. The van der Waals surface area contributed by atoms with Gasteiger partial charge in [0, 0.05) is 24.8 Å². The normalized spacial score (nSPS) is 20.4. The number of primary amides is 1. The number of hydrogen-bond acceptors (Lipinski definition) is 6. The molecule has 2 saturated heterocycles. The van der Waals surface area contributed by atoms with Crippen molar-refractivity contribution >= 4 is 29.3 Å². The largest absolute Gasteiger partial charge is 0.366 e. The molecule has 219 valence electrons. The molecule has 0 bridgehead atoms. The standard InChI is InChI=1S/C32H37N6O4/c33-21-24-10-8-7-9-23(24)15-16-28(40)36-19-17-32(18-20-36)31(42)37(22-27(39)35-25-11-3-1-4-12-25)30(29(34)41)38(32)26-13-5-2-6-14-26/h2,5-10,13-14,16,25,30H,1,3-4,11-12,15,17-20,22H2,(H2,34,41)(H,35,39)/t30-/m0/s1. The Bertz CT molecular complexity index is 1360. The molecule has 2 aliphatic heterocycles. The number of para-hydroxylation sites is 1. The zero-order chi connectivity index (χ0) is 29.7. The molecule has 3 N–H and O–H groups in total. The van der Waals surface area contributed by atoms with Gasteiger partial charge in [0.15, 0.2) is 6.17 Å². The van der Waals surface area contributed by atoms with Gasteiger partial charge in [0.25, 0.3) is 11.8 Å². The molecule has 2 aromatic rings. The number of piperidine rings is 1. The average Bonchev–Trinajstić information content (AvgIpc) is 3.24. The Labute approximate surface area is 246 Å². The van der Waals surface area contributed by atoms with Gasteiger partial charge >= 0.3 is 0 Å². The molecule has 1 aliphatic carbocycles. The summed E-state index contributed by atoms with van der Waals surface area (Å²) in [5.74, 6) is -1.51. The molecule has 2 aromatic carbocycles. The van der Waals surface area contributed by atoms with Gasteiger partial charge in [-0.2, -0.15) is 5.26 Å². The predicted molar refractivity (Wildman–Crippen MR) is 156 cm³/mol. The van der Waals surface area contributed by atoms with E-state index in [2.05, 4.69) is 11.4 Å². The van der Waals surface area contributed by atoms with E-state index < -0.39 is 17.6 Å². The van der Waals surface area contributed by atoms with Crippen LogP contribution in [0.25, 0.3) is 0 Å². The summed E-state index contributed by atoms with van der Waals surface area (Å²) in [6, 6.07) is 18.6. The summed E-state index contributed by atoms with van der Waals surface area (Å²) in [6.45, 7) is 0.318. The number of nitrogens with zero attached hydrogens (tertiary/aromatic N) is 4. The maximum atomic E-state index is 14.2. The van der Waals surface area contributed by atoms with Gasteiger partial charge in [0.2, 0.25) is 11.8 Å². The Kier molecular flexibility index (Phi) is 8.76. The molecule has 42 heavy (non-hydrogen) atoms. The maximum Gasteiger partial charge on any atom is 0.261 e. The third-order valence-corrected chi connectivity index (χ3v) is 8.77. The molecule has 2 heterocycles. The maximum absolute atomic E-state index is 14.2. The minimum absolute atomic E-state index is 0.0702. The van der Waals surface area contributed by atoms with Crippen molar-refractivity contribution in [3.8, 4) is 6.07 Å². The highest BCUT2D eigenvalue weighted by Gasteiger charge is 2.60. The summed E-state index contributed by atoms with van der Waals surface area (Å²) >= 11 is 0. The van der Waals surface area contributed by atoms with Crippen molar-refractivity contribution in [3.05, 3.63) is 72.1 Å². The van der Waals surface area contributed by atoms with Crippen LogP contribution in [0.1, 0.15) is 56.1 Å². The highest BCUT2D eigenvalue weighted by Crippen LogP contribution is 2.42. The number of likely N-dealkylation sites (tertiary alicyclic amines) is 1. The van der Waals surface area contributed by atoms with Crippen LogP contribution in [-0.2, 0) is 25.6 Å². The highest BCUT2D eigenvalue weighted by molar-refractivity contribution is 6.03. The second-order valence-corrected chi connectivity index (χ2v) is 11.4. The predicted octanol–water partition coefficient (Wildman–Crippen LogP) is 2.28. The Morgan fingerprint density at radius 1 is 1.00 bits per heavy atom. The molecule has 3 aliphatic rings. The van der Waals surface area contributed by atoms with E-state index in [1.54, 1.807) is 28.4 Å². The summed E-state index contributed by atoms with van der Waals surface area (Å²) < 4.78 is 0. The van der Waals surface area contributed by atoms with Crippen molar-refractivity contribution in [1.82, 2.24) is 15.1 Å². The van der Waals surface area contributed by atoms with Crippen LogP contribution in [0.3, 0.4) is 0 Å². The van der Waals surface area contributed by atoms with Gasteiger partial charge in [0.1, 0.15) is 12.1 Å². The zero-order valence-electron chi connectivity index (χ0n) is 23.7. The highest BCUT2D eigenvalue weighted by atomic mass is 16.2. The molecule has 0 unspecified atom stereocenters. The first-order valence-corrected chi connectivity index (χ1v) is 14.7. The van der Waals surface area contributed by atoms with Crippen molar-refractivity contribution in [2.75, 3.05) is 24.5 Å². The lowest BCUT2D eigenvalue weighted by Crippen LogP contribution is -2.59. The smallest absolute Gasteiger partial charge is 0.261 e. The van der Waals surface area contributed by atoms with Crippen molar-refractivity contribution < 1.29 is 19.2 Å². The van der Waals surface area contributed by atoms with Crippen LogP contribution in [0.15, 0.2) is 54.6 Å². The molecule has 10 nitrogen and oxygen atoms in total. The molecular weight excluding hydrogens is 532 g/mol. The Hall–Kier alpha value is -4.39. The number of carbonyl (C=O) groups excluding carboxylic acids is 4. The van der Waals surface area contributed by atoms with E-state index in [-0.39, 0.29) is 56.2 Å². The molecule has 4 amide bonds. The minimum atomic E-state index is -1.13. The second kappa shape index (κ2) is 12.6. The summed E-state index contributed by atoms with van der Waals surface area (Å²) in [5.41, 5.74) is 6.75. The zero-order valence-corrected chi connectivity index (χ0v) is 23.7. The van der Waals surface area contributed by atoms with Gasteiger partial charge in [-0.15, -0.1) is 0 Å². The Balaban J connectivity index is 1.34. The number of nitriles is 1. The van der Waals surface area contributed by atoms with Crippen LogP contribution in [0.5, 0.6) is 0 Å². The first-order chi connectivity index (χ1) is 20.3. The van der Waals surface area contributed by atoms with Crippen LogP contribution in [0, 0.1) is 17.8 Å². The lowest BCUT2D eigenvalue weighted by Gasteiger charge is -2.44. The van der Waals surface area contributed by atoms with E-state index >= 15 is 0 Å². The first-order valence-electron chi connectivity index (χ1n) is 14.7. The quantitative estimate of drug-likeness (QED) is 0.500. The van der Waals surface area contributed by atoms with Gasteiger partial charge in [-0.1, -0.05) is 55.7 Å². The molecule has 5 rings (SSSR count). The third kappa shape index (κ3) is 5.82. The summed E-state index contributed by atoms with van der Waals surface area (Å²) in [7, 11) is 0. The van der Waals surface area contributed by atoms with E-state index in [4.69, 9.17) is 5.73 Å². The van der Waals surface area contributed by atoms with Gasteiger partial charge in [-0.25, -0.2) is 0 Å². The number of amides is 4. The van der Waals surface area contributed by atoms with Crippen molar-refractivity contribution in [2.24, 2.45) is 5.73 Å². The van der Waals surface area contributed by atoms with Crippen LogP contribution < -0.4 is 16.0 Å². The summed E-state index contributed by atoms with van der Waals surface area (Å²) in [5, 5.41) is 12.4. The SMILES string of the molecule is N#Cc1ccccc1C[CH]C(=O)N1CCC2(CC1)C(=O)N(CC(=O)NC1CCCCC1)[C@H](C(N)=O)N2c1ccccc1. The van der Waals surface area contributed by atoms with Gasteiger partial charge in [0.05, 0.1) is 18.1 Å². The molecule has 3 fully saturated rings. The van der Waals surface area contributed by atoms with E-state index in [1.165, 1.54) is 4.90 Å². The van der Waals surface area contributed by atoms with Gasteiger partial charge < -0.3 is 25.8 Å². The Morgan fingerprint density at radius 3 is 2.33 bits per heavy atom. The molecule has 1 saturated carbocycles. The monoisotopic (exact) mass is 569 g/mol. The molecular formula is C32H37N6O4. The van der Waals surface area contributed by atoms with Crippen molar-refractivity contribution in [1.29, 1.82) is 5.26 Å². The molecule has 1 radical (unpaired) electrons. The van der Waals surface area contributed by atoms with Crippen LogP contribution in [-0.4, -0.2) is 70.8 Å². The van der Waals surface area contributed by atoms with E-state index in [0.717, 1.165) is 37.7 Å². The fourth-order valence-corrected chi connectivity index (χ4v) is 6.63. The molecule has 1 spiro atoms. The van der Waals surface area contributed by atoms with Crippen LogP contribution in [0.4, 0.5) is 5.69 Å². The molecule has 0 aromatic heterocycles. The molecule has 1 atom stereocenters. The van der Waals surface area contributed by atoms with Gasteiger partial charge in [-0.05, 0) is 55.9 Å². The lowest BCUT2D eigenvalue weighted by molar-refractivity contribution is -0.141. The number of anilines is 1. The number of benzene rings is 2. The van der Waals surface area contributed by atoms with E-state index in [1.807, 2.05) is 42.5 Å². The lowest BCUT2D eigenvalue weighted by atomic mass is 9.85. The number of hydrogen-bond donors (Lipinski definition) is 2. The number of nitrogens with one attached hydrogen (secondary N) is 1. The van der Waals surface area contributed by atoms with Gasteiger partial charge in [-0.3, -0.25) is 19.2 Å². The van der Waals surface area contributed by atoms with E-state index in [0.29, 0.717) is 17.7 Å². The topological polar surface area (TPSA) is 140 Å². The number of rotatable bonds is 8. The first kappa shape index (κ1) is 29.1. The summed E-state index contributed by atoms with van der Waals surface area (Å²) in [6.07, 6.45) is 6.39. The Morgan fingerprint density at radius 2 is 1.67 bits per heavy atom. The number of carbonyl (C=O) groups is 4. The number of nitrogens with two attached hydrogens (primary N) is 1. The fourth-order valence-electron chi connectivity index (χ4n) is 6.63. The van der Waals surface area contributed by atoms with E-state index in [9.17, 15) is 24.4 Å². The second-order valence-electron chi connectivity index (χ2n) is 11.4. The third-order valence-electron chi connectivity index (χ3n) is 8.77. The van der Waals surface area contributed by atoms with Crippen molar-refractivity contribution in [2.45, 2.75) is 69.1 Å². The average molecular weight is 570 g/mol.